The fourth-order valence-electron chi connectivity index (χ4n) is 3.62. The van der Waals surface area contributed by atoms with Crippen molar-refractivity contribution in [3.8, 4) is 0 Å². The van der Waals surface area contributed by atoms with Crippen LogP contribution in [-0.4, -0.2) is 52.7 Å². The molecule has 8 heteroatoms. The molecule has 1 aliphatic rings. The second-order valence-electron chi connectivity index (χ2n) is 6.83. The molecular weight excluding hydrogens is 378 g/mol. The summed E-state index contributed by atoms with van der Waals surface area (Å²) in [6.07, 6.45) is 3.77. The fourth-order valence-corrected chi connectivity index (χ4v) is 3.62. The smallest absolute Gasteiger partial charge is 0.255 e. The number of carbonyl (C=O) groups excluding carboxylic acids is 2. The van der Waals surface area contributed by atoms with E-state index in [9.17, 15) is 9.59 Å². The van der Waals surface area contributed by atoms with Crippen molar-refractivity contribution in [2.75, 3.05) is 31.5 Å². The second-order valence-corrected chi connectivity index (χ2v) is 6.83. The van der Waals surface area contributed by atoms with Crippen LogP contribution >= 0.6 is 12.4 Å². The lowest BCUT2D eigenvalue weighted by molar-refractivity contribution is -0.119. The van der Waals surface area contributed by atoms with E-state index in [1.807, 2.05) is 45.4 Å². The lowest BCUT2D eigenvalue weighted by Gasteiger charge is -2.22. The number of nitrogens with zero attached hydrogens (tertiary/aromatic N) is 3. The normalized spacial score (nSPS) is 18.4. The number of aryl methyl sites for hydroxylation is 1. The molecule has 2 heterocycles. The van der Waals surface area contributed by atoms with E-state index in [4.69, 9.17) is 0 Å². The van der Waals surface area contributed by atoms with E-state index < -0.39 is 0 Å². The Labute approximate surface area is 171 Å². The maximum absolute atomic E-state index is 13.0. The highest BCUT2D eigenvalue weighted by molar-refractivity contribution is 6.04. The molecule has 1 aromatic carbocycles. The molecule has 0 radical (unpaired) electrons. The van der Waals surface area contributed by atoms with Crippen LogP contribution in [0.25, 0.3) is 0 Å². The Hall–Kier alpha value is -2.38. The van der Waals surface area contributed by atoms with Gasteiger partial charge in [0, 0.05) is 45.3 Å². The molecule has 2 amide bonds. The number of amides is 2. The number of rotatable bonds is 6. The van der Waals surface area contributed by atoms with Gasteiger partial charge in [0.2, 0.25) is 5.91 Å². The maximum Gasteiger partial charge on any atom is 0.255 e. The number of halogens is 1. The molecule has 0 saturated carbocycles. The van der Waals surface area contributed by atoms with Crippen molar-refractivity contribution < 1.29 is 9.59 Å². The van der Waals surface area contributed by atoms with Crippen LogP contribution in [0.15, 0.2) is 36.7 Å². The van der Waals surface area contributed by atoms with Crippen LogP contribution in [-0.2, 0) is 11.8 Å². The topological polar surface area (TPSA) is 79.3 Å². The van der Waals surface area contributed by atoms with Crippen molar-refractivity contribution in [1.29, 1.82) is 0 Å². The van der Waals surface area contributed by atoms with E-state index >= 15 is 0 Å². The SMILES string of the molecule is CCN(CC)C(=O)c1ccccc1NC(=O)[C@H]1CNC[C@@H]1c1cnn(C)c1.Cl. The molecule has 152 valence electrons. The summed E-state index contributed by atoms with van der Waals surface area (Å²) in [4.78, 5) is 27.5. The number of hydrogen-bond donors (Lipinski definition) is 2. The van der Waals surface area contributed by atoms with Gasteiger partial charge in [0.25, 0.3) is 5.91 Å². The van der Waals surface area contributed by atoms with E-state index in [1.54, 1.807) is 21.7 Å². The molecule has 0 aliphatic carbocycles. The van der Waals surface area contributed by atoms with Crippen molar-refractivity contribution in [2.45, 2.75) is 19.8 Å². The van der Waals surface area contributed by atoms with Gasteiger partial charge in [-0.05, 0) is 31.5 Å². The molecule has 0 spiro atoms. The van der Waals surface area contributed by atoms with Gasteiger partial charge in [-0.3, -0.25) is 14.3 Å². The molecule has 2 N–H and O–H groups in total. The first-order chi connectivity index (χ1) is 13.0. The molecule has 1 fully saturated rings. The zero-order chi connectivity index (χ0) is 19.4. The van der Waals surface area contributed by atoms with Gasteiger partial charge in [-0.25, -0.2) is 0 Å². The van der Waals surface area contributed by atoms with Crippen molar-refractivity contribution in [3.63, 3.8) is 0 Å². The molecule has 2 atom stereocenters. The third-order valence-electron chi connectivity index (χ3n) is 5.17. The molecule has 2 aromatic rings. The largest absolute Gasteiger partial charge is 0.339 e. The molecule has 1 aliphatic heterocycles. The van der Waals surface area contributed by atoms with Crippen molar-refractivity contribution >= 4 is 29.9 Å². The Morgan fingerprint density at radius 2 is 1.96 bits per heavy atom. The predicted octanol–water partition coefficient (Wildman–Crippen LogP) is 2.27. The molecule has 0 bridgehead atoms. The lowest BCUT2D eigenvalue weighted by atomic mass is 9.90. The number of hydrogen-bond acceptors (Lipinski definition) is 4. The second kappa shape index (κ2) is 9.71. The summed E-state index contributed by atoms with van der Waals surface area (Å²) in [5.41, 5.74) is 2.14. The van der Waals surface area contributed by atoms with Crippen LogP contribution in [0.3, 0.4) is 0 Å². The van der Waals surface area contributed by atoms with Gasteiger partial charge in [0.15, 0.2) is 0 Å². The third kappa shape index (κ3) is 4.54. The van der Waals surface area contributed by atoms with E-state index in [0.29, 0.717) is 30.9 Å². The third-order valence-corrected chi connectivity index (χ3v) is 5.17. The summed E-state index contributed by atoms with van der Waals surface area (Å²) in [5, 5.41) is 10.5. The highest BCUT2D eigenvalue weighted by atomic mass is 35.5. The van der Waals surface area contributed by atoms with Gasteiger partial charge in [-0.15, -0.1) is 12.4 Å². The van der Waals surface area contributed by atoms with Gasteiger partial charge >= 0.3 is 0 Å². The Balaban J connectivity index is 0.00000280. The summed E-state index contributed by atoms with van der Waals surface area (Å²) >= 11 is 0. The number of carbonyl (C=O) groups is 2. The van der Waals surface area contributed by atoms with Crippen LogP contribution in [0.4, 0.5) is 5.69 Å². The van der Waals surface area contributed by atoms with Crippen LogP contribution < -0.4 is 10.6 Å². The van der Waals surface area contributed by atoms with E-state index in [1.165, 1.54) is 0 Å². The highest BCUT2D eigenvalue weighted by Gasteiger charge is 2.35. The van der Waals surface area contributed by atoms with Crippen molar-refractivity contribution in [2.24, 2.45) is 13.0 Å². The monoisotopic (exact) mass is 405 g/mol. The highest BCUT2D eigenvalue weighted by Crippen LogP contribution is 2.29. The number of benzene rings is 1. The van der Waals surface area contributed by atoms with E-state index in [-0.39, 0.29) is 36.1 Å². The van der Waals surface area contributed by atoms with Crippen LogP contribution in [0.2, 0.25) is 0 Å². The van der Waals surface area contributed by atoms with Gasteiger partial charge < -0.3 is 15.5 Å². The minimum Gasteiger partial charge on any atom is -0.339 e. The first kappa shape index (κ1) is 21.9. The zero-order valence-electron chi connectivity index (χ0n) is 16.5. The quantitative estimate of drug-likeness (QED) is 0.772. The maximum atomic E-state index is 13.0. The number of anilines is 1. The minimum absolute atomic E-state index is 0. The zero-order valence-corrected chi connectivity index (χ0v) is 17.3. The van der Waals surface area contributed by atoms with Gasteiger partial charge in [-0.1, -0.05) is 12.1 Å². The summed E-state index contributed by atoms with van der Waals surface area (Å²) in [6, 6.07) is 7.21. The molecular formula is C20H28ClN5O2. The Bertz CT molecular complexity index is 818. The average Bonchev–Trinajstić information content (AvgIpc) is 3.31. The number of para-hydroxylation sites is 1. The minimum atomic E-state index is -0.203. The average molecular weight is 406 g/mol. The van der Waals surface area contributed by atoms with E-state index in [2.05, 4.69) is 15.7 Å². The van der Waals surface area contributed by atoms with Crippen LogP contribution in [0.5, 0.6) is 0 Å². The summed E-state index contributed by atoms with van der Waals surface area (Å²) in [5.74, 6) is -0.270. The molecule has 3 rings (SSSR count). The molecule has 1 aromatic heterocycles. The summed E-state index contributed by atoms with van der Waals surface area (Å²) < 4.78 is 1.75. The van der Waals surface area contributed by atoms with Gasteiger partial charge in [0.1, 0.15) is 0 Å². The first-order valence-corrected chi connectivity index (χ1v) is 9.43. The Kier molecular flexibility index (Phi) is 7.60. The van der Waals surface area contributed by atoms with E-state index in [0.717, 1.165) is 12.1 Å². The Morgan fingerprint density at radius 1 is 1.25 bits per heavy atom. The van der Waals surface area contributed by atoms with Crippen LogP contribution in [0.1, 0.15) is 35.7 Å². The summed E-state index contributed by atoms with van der Waals surface area (Å²) in [6.45, 7) is 6.51. The Morgan fingerprint density at radius 3 is 2.61 bits per heavy atom. The molecule has 1 saturated heterocycles. The first-order valence-electron chi connectivity index (χ1n) is 9.43. The lowest BCUT2D eigenvalue weighted by Crippen LogP contribution is -2.32. The standard InChI is InChI=1S/C20H27N5O2.ClH/c1-4-25(5-2)20(27)15-8-6-7-9-18(15)23-19(26)17-12-21-11-16(17)14-10-22-24(3)13-14;/h6-10,13,16-17,21H,4-5,11-12H2,1-3H3,(H,23,26);1H/t16-,17+;/m1./s1. The van der Waals surface area contributed by atoms with Gasteiger partial charge in [0.05, 0.1) is 23.4 Å². The summed E-state index contributed by atoms with van der Waals surface area (Å²) in [7, 11) is 1.87. The predicted molar refractivity (Wildman–Crippen MR) is 112 cm³/mol. The molecule has 28 heavy (non-hydrogen) atoms. The number of aromatic nitrogens is 2. The molecule has 0 unspecified atom stereocenters. The van der Waals surface area contributed by atoms with Crippen LogP contribution in [0, 0.1) is 5.92 Å². The van der Waals surface area contributed by atoms with Crippen molar-refractivity contribution in [3.05, 3.63) is 47.8 Å². The fraction of sp³-hybridized carbons (Fsp3) is 0.450. The van der Waals surface area contributed by atoms with Gasteiger partial charge in [-0.2, -0.15) is 5.10 Å². The van der Waals surface area contributed by atoms with Crippen molar-refractivity contribution in [1.82, 2.24) is 20.0 Å². The molecule has 7 nitrogen and oxygen atoms in total. The number of nitrogens with one attached hydrogen (secondary N) is 2.